The predicted octanol–water partition coefficient (Wildman–Crippen LogP) is -0.186. The Bertz CT molecular complexity index is 1460. The molecule has 3 aromatic carbocycles. The summed E-state index contributed by atoms with van der Waals surface area (Å²) in [7, 11) is 1.77. The maximum atomic E-state index is 9.22. The van der Waals surface area contributed by atoms with E-state index in [1.165, 1.54) is 0 Å². The van der Waals surface area contributed by atoms with Crippen molar-refractivity contribution in [3.05, 3.63) is 42.6 Å². The largest absolute Gasteiger partial charge is 1.00 e. The van der Waals surface area contributed by atoms with E-state index in [9.17, 15) is 13.0 Å². The molecule has 0 N–H and O–H groups in total. The maximum absolute atomic E-state index is 9.22. The predicted molar refractivity (Wildman–Crippen MR) is 116 cm³/mol. The summed E-state index contributed by atoms with van der Waals surface area (Å²) in [4.78, 5) is 0. The van der Waals surface area contributed by atoms with Crippen molar-refractivity contribution in [2.75, 3.05) is 28.1 Å². The Kier molecular flexibility index (Phi) is 7.03. The minimum Gasteiger partial charge on any atom is -1.00 e. The molecule has 0 bridgehead atoms. The number of fused-ring (bicyclic) bond motifs is 6. The lowest BCUT2D eigenvalue weighted by molar-refractivity contribution is -0.642. The van der Waals surface area contributed by atoms with Crippen molar-refractivity contribution in [3.63, 3.8) is 0 Å². The van der Waals surface area contributed by atoms with Gasteiger partial charge in [-0.1, -0.05) is 6.07 Å². The molecular formula is C22H21ClNO8S-. The van der Waals surface area contributed by atoms with Crippen molar-refractivity contribution in [1.82, 2.24) is 0 Å². The topological polar surface area (TPSA) is 107 Å². The van der Waals surface area contributed by atoms with Crippen LogP contribution in [-0.2, 0) is 21.6 Å². The molecule has 4 aromatic rings. The van der Waals surface area contributed by atoms with Crippen LogP contribution < -0.4 is 35.9 Å². The summed E-state index contributed by atoms with van der Waals surface area (Å²) in [5.74, 6) is 3.04. The van der Waals surface area contributed by atoms with Crippen molar-refractivity contribution in [2.45, 2.75) is 0 Å². The van der Waals surface area contributed by atoms with Crippen LogP contribution in [0.3, 0.4) is 0 Å². The van der Waals surface area contributed by atoms with E-state index in [1.54, 1.807) is 14.2 Å². The first-order valence-electron chi connectivity index (χ1n) is 9.47. The number of ether oxygens (including phenoxy) is 4. The third-order valence-corrected chi connectivity index (χ3v) is 5.63. The smallest absolute Gasteiger partial charge is 0.231 e. The highest BCUT2D eigenvalue weighted by Crippen LogP contribution is 2.40. The lowest BCUT2D eigenvalue weighted by atomic mass is 10.0. The van der Waals surface area contributed by atoms with Crippen LogP contribution in [-0.4, -0.2) is 41.1 Å². The summed E-state index contributed by atoms with van der Waals surface area (Å²) in [5.41, 5.74) is 1.14. The lowest BCUT2D eigenvalue weighted by Gasteiger charge is -2.11. The summed E-state index contributed by atoms with van der Waals surface area (Å²) >= 11 is 0. The van der Waals surface area contributed by atoms with E-state index in [0.717, 1.165) is 62.6 Å². The van der Waals surface area contributed by atoms with Crippen LogP contribution in [0.2, 0.25) is 0 Å². The quantitative estimate of drug-likeness (QED) is 0.167. The Labute approximate surface area is 196 Å². The molecule has 176 valence electrons. The molecule has 0 aliphatic carbocycles. The molecule has 33 heavy (non-hydrogen) atoms. The van der Waals surface area contributed by atoms with Gasteiger partial charge in [-0.3, -0.25) is 4.18 Å². The summed E-state index contributed by atoms with van der Waals surface area (Å²) in [6, 6.07) is 12.4. The molecule has 11 heteroatoms. The van der Waals surface area contributed by atoms with Crippen LogP contribution in [0.25, 0.3) is 32.4 Å². The molecule has 0 unspecified atom stereocenters. The number of nitrogens with zero attached hydrogens (tertiary/aromatic N) is 1. The second-order valence-corrected chi connectivity index (χ2v) is 8.15. The number of halogens is 1. The summed E-state index contributed by atoms with van der Waals surface area (Å²) in [6.45, 7) is 0.273. The van der Waals surface area contributed by atoms with Crippen molar-refractivity contribution >= 4 is 42.8 Å². The lowest BCUT2D eigenvalue weighted by Crippen LogP contribution is -3.00. The number of rotatable bonds is 3. The van der Waals surface area contributed by atoms with Gasteiger partial charge in [0.05, 0.1) is 37.5 Å². The van der Waals surface area contributed by atoms with Gasteiger partial charge in [0.1, 0.15) is 7.05 Å². The molecule has 9 nitrogen and oxygen atoms in total. The Hall–Kier alpha value is -3.05. The fraction of sp³-hybridized carbons (Fsp3) is 0.227. The number of benzene rings is 3. The molecule has 5 rings (SSSR count). The molecule has 1 aromatic heterocycles. The molecule has 0 atom stereocenters. The first-order chi connectivity index (χ1) is 15.3. The monoisotopic (exact) mass is 494 g/mol. The standard InChI is InChI=1S/C21H18NO4.CH4O4S.ClH/c1-22-10-13-7-17(23-2)18(24-3)8-15(13)14-5-4-12-6-19-20(26-11-25-19)9-16(12)21(14)22;1-5-6(2,3)4;/h4-10H,11H2,1-3H3;1H3,(H,2,3,4);1H/q+1;;/p-2. The second kappa shape index (κ2) is 9.44. The summed E-state index contributed by atoms with van der Waals surface area (Å²) in [5, 5.41) is 5.62. The third-order valence-electron chi connectivity index (χ3n) is 5.22. The number of pyridine rings is 1. The van der Waals surface area contributed by atoms with E-state index in [4.69, 9.17) is 18.9 Å². The van der Waals surface area contributed by atoms with E-state index in [-0.39, 0.29) is 19.2 Å². The van der Waals surface area contributed by atoms with Crippen LogP contribution in [0.4, 0.5) is 0 Å². The Morgan fingerprint density at radius 2 is 1.48 bits per heavy atom. The molecular weight excluding hydrogens is 474 g/mol. The van der Waals surface area contributed by atoms with Gasteiger partial charge in [0.25, 0.3) is 0 Å². The van der Waals surface area contributed by atoms with Crippen LogP contribution in [0.1, 0.15) is 0 Å². The zero-order valence-corrected chi connectivity index (χ0v) is 19.8. The van der Waals surface area contributed by atoms with E-state index in [1.807, 2.05) is 18.2 Å². The summed E-state index contributed by atoms with van der Waals surface area (Å²) < 4.78 is 55.2. The SMILES string of the molecule is COS(=O)(=O)[O-].COc1cc2c[n+](C)c3c4cc5c(cc4ccc3c2cc1OC)OCO5.[Cl-]. The number of hydrogen-bond acceptors (Lipinski definition) is 8. The molecule has 1 aliphatic heterocycles. The van der Waals surface area contributed by atoms with E-state index in [2.05, 4.69) is 40.2 Å². The molecule has 0 saturated carbocycles. The van der Waals surface area contributed by atoms with E-state index >= 15 is 0 Å². The Balaban J connectivity index is 0.000000391. The van der Waals surface area contributed by atoms with Gasteiger partial charge in [0.15, 0.2) is 29.2 Å². The van der Waals surface area contributed by atoms with E-state index < -0.39 is 10.4 Å². The van der Waals surface area contributed by atoms with Gasteiger partial charge in [-0.05, 0) is 35.7 Å². The van der Waals surface area contributed by atoms with Crippen molar-refractivity contribution in [3.8, 4) is 23.0 Å². The van der Waals surface area contributed by atoms with Crippen LogP contribution in [0.15, 0.2) is 42.6 Å². The van der Waals surface area contributed by atoms with Gasteiger partial charge in [-0.25, -0.2) is 8.42 Å². The minimum atomic E-state index is -4.41. The Morgan fingerprint density at radius 1 is 0.879 bits per heavy atom. The van der Waals surface area contributed by atoms with Crippen molar-refractivity contribution < 1.29 is 53.1 Å². The maximum Gasteiger partial charge on any atom is 0.231 e. The molecule has 0 spiro atoms. The number of aryl methyl sites for hydroxylation is 1. The zero-order chi connectivity index (χ0) is 23.0. The van der Waals surface area contributed by atoms with Crippen LogP contribution in [0, 0.1) is 0 Å². The van der Waals surface area contributed by atoms with E-state index in [0.29, 0.717) is 0 Å². The highest BCUT2D eigenvalue weighted by Gasteiger charge is 2.20. The van der Waals surface area contributed by atoms with Crippen LogP contribution in [0.5, 0.6) is 23.0 Å². The summed E-state index contributed by atoms with van der Waals surface area (Å²) in [6.07, 6.45) is 2.11. The van der Waals surface area contributed by atoms with Gasteiger partial charge in [-0.2, -0.15) is 4.57 Å². The molecule has 0 amide bonds. The number of aromatic nitrogens is 1. The first kappa shape index (κ1) is 24.6. The highest BCUT2D eigenvalue weighted by molar-refractivity contribution is 7.80. The normalized spacial score (nSPS) is 12.3. The fourth-order valence-corrected chi connectivity index (χ4v) is 3.80. The molecule has 1 aliphatic rings. The molecule has 0 fully saturated rings. The number of hydrogen-bond donors (Lipinski definition) is 0. The molecule has 0 radical (unpaired) electrons. The van der Waals surface area contributed by atoms with Gasteiger partial charge >= 0.3 is 0 Å². The van der Waals surface area contributed by atoms with Crippen molar-refractivity contribution in [1.29, 1.82) is 0 Å². The van der Waals surface area contributed by atoms with Gasteiger partial charge in [-0.15, -0.1) is 0 Å². The zero-order valence-electron chi connectivity index (χ0n) is 18.2. The minimum absolute atomic E-state index is 0. The van der Waals surface area contributed by atoms with Crippen molar-refractivity contribution in [2.24, 2.45) is 7.05 Å². The van der Waals surface area contributed by atoms with Gasteiger partial charge < -0.3 is 35.9 Å². The third kappa shape index (κ3) is 4.69. The molecule has 0 saturated heterocycles. The Morgan fingerprint density at radius 3 is 2.09 bits per heavy atom. The first-order valence-corrected chi connectivity index (χ1v) is 10.8. The van der Waals surface area contributed by atoms with Gasteiger partial charge in [0, 0.05) is 5.39 Å². The average molecular weight is 495 g/mol. The second-order valence-electron chi connectivity index (χ2n) is 7.00. The van der Waals surface area contributed by atoms with Crippen LogP contribution >= 0.6 is 0 Å². The van der Waals surface area contributed by atoms with Gasteiger partial charge in [0.2, 0.25) is 22.7 Å². The number of methoxy groups -OCH3 is 2. The fourth-order valence-electron chi connectivity index (χ4n) is 3.80. The molecule has 2 heterocycles. The highest BCUT2D eigenvalue weighted by atomic mass is 35.5. The average Bonchev–Trinajstić information content (AvgIpc) is 3.23.